The van der Waals surface area contributed by atoms with Gasteiger partial charge in [-0.25, -0.2) is 0 Å². The van der Waals surface area contributed by atoms with E-state index in [-0.39, 0.29) is 12.3 Å². The van der Waals surface area contributed by atoms with Gasteiger partial charge in [-0.15, -0.1) is 6.58 Å². The number of allylic oxidation sites excluding steroid dienone is 1. The highest BCUT2D eigenvalue weighted by Gasteiger charge is 2.36. The summed E-state index contributed by atoms with van der Waals surface area (Å²) in [6.07, 6.45) is 4.48. The van der Waals surface area contributed by atoms with Crippen molar-refractivity contribution in [1.82, 2.24) is 10.4 Å². The highest BCUT2D eigenvalue weighted by atomic mass is 16.2. The maximum atomic E-state index is 12.0. The molecule has 0 fully saturated rings. The van der Waals surface area contributed by atoms with Gasteiger partial charge in [0.2, 0.25) is 5.91 Å². The van der Waals surface area contributed by atoms with Crippen molar-refractivity contribution in [2.45, 2.75) is 25.7 Å². The zero-order chi connectivity index (χ0) is 14.5. The second kappa shape index (κ2) is 6.14. The Morgan fingerprint density at radius 1 is 1.15 bits per heavy atom. The summed E-state index contributed by atoms with van der Waals surface area (Å²) < 4.78 is 0. The van der Waals surface area contributed by atoms with Crippen molar-refractivity contribution in [3.8, 4) is 0 Å². The lowest BCUT2D eigenvalue weighted by atomic mass is 10.1. The summed E-state index contributed by atoms with van der Waals surface area (Å²) >= 11 is 0. The van der Waals surface area contributed by atoms with Gasteiger partial charge in [-0.05, 0) is 31.4 Å². The van der Waals surface area contributed by atoms with Gasteiger partial charge in [-0.1, -0.05) is 18.2 Å². The van der Waals surface area contributed by atoms with Gasteiger partial charge >= 0.3 is 0 Å². The van der Waals surface area contributed by atoms with Crippen LogP contribution in [0.15, 0.2) is 36.9 Å². The van der Waals surface area contributed by atoms with Gasteiger partial charge in [0.25, 0.3) is 11.8 Å². The van der Waals surface area contributed by atoms with E-state index in [0.29, 0.717) is 17.5 Å². The molecule has 0 aromatic heterocycles. The monoisotopic (exact) mass is 272 g/mol. The van der Waals surface area contributed by atoms with Gasteiger partial charge in [-0.3, -0.25) is 19.8 Å². The summed E-state index contributed by atoms with van der Waals surface area (Å²) in [6, 6.07) is 6.52. The topological polar surface area (TPSA) is 66.5 Å². The summed E-state index contributed by atoms with van der Waals surface area (Å²) in [5, 5.41) is 0.792. The van der Waals surface area contributed by atoms with Crippen molar-refractivity contribution < 1.29 is 14.4 Å². The number of imide groups is 1. The van der Waals surface area contributed by atoms with Crippen LogP contribution in [0.5, 0.6) is 0 Å². The van der Waals surface area contributed by atoms with Crippen molar-refractivity contribution in [2.24, 2.45) is 0 Å². The molecule has 0 saturated heterocycles. The SMILES string of the molecule is C=CCCCCC(=O)NN1C(=O)c2ccccc2C1=O. The maximum Gasteiger partial charge on any atom is 0.280 e. The molecule has 0 spiro atoms. The van der Waals surface area contributed by atoms with Gasteiger partial charge in [-0.2, -0.15) is 5.01 Å². The molecule has 3 amide bonds. The molecule has 104 valence electrons. The van der Waals surface area contributed by atoms with Crippen molar-refractivity contribution in [3.05, 3.63) is 48.0 Å². The Labute approximate surface area is 117 Å². The third-order valence-electron chi connectivity index (χ3n) is 3.09. The van der Waals surface area contributed by atoms with E-state index in [4.69, 9.17) is 0 Å². The van der Waals surface area contributed by atoms with Crippen LogP contribution in [0.25, 0.3) is 0 Å². The summed E-state index contributed by atoms with van der Waals surface area (Å²) in [6.45, 7) is 3.61. The molecule has 0 atom stereocenters. The summed E-state index contributed by atoms with van der Waals surface area (Å²) in [7, 11) is 0. The van der Waals surface area contributed by atoms with Gasteiger partial charge < -0.3 is 0 Å². The molecule has 1 aliphatic heterocycles. The fourth-order valence-corrected chi connectivity index (χ4v) is 2.05. The molecule has 1 heterocycles. The Kier molecular flexibility index (Phi) is 4.30. The molecule has 20 heavy (non-hydrogen) atoms. The molecule has 0 saturated carbocycles. The minimum Gasteiger partial charge on any atom is -0.273 e. The van der Waals surface area contributed by atoms with Crippen LogP contribution in [0.4, 0.5) is 0 Å². The number of hydrazine groups is 1. The number of nitrogens with zero attached hydrogens (tertiary/aromatic N) is 1. The molecule has 2 rings (SSSR count). The van der Waals surface area contributed by atoms with Crippen LogP contribution in [0.1, 0.15) is 46.4 Å². The van der Waals surface area contributed by atoms with Crippen LogP contribution in [0.2, 0.25) is 0 Å². The molecule has 0 aliphatic carbocycles. The minimum atomic E-state index is -0.481. The third-order valence-corrected chi connectivity index (χ3v) is 3.09. The van der Waals surface area contributed by atoms with Crippen LogP contribution >= 0.6 is 0 Å². The molecule has 5 nitrogen and oxygen atoms in total. The summed E-state index contributed by atoms with van der Waals surface area (Å²) in [4.78, 5) is 35.7. The van der Waals surface area contributed by atoms with Crippen molar-refractivity contribution in [3.63, 3.8) is 0 Å². The molecule has 1 N–H and O–H groups in total. The van der Waals surface area contributed by atoms with E-state index in [1.54, 1.807) is 30.3 Å². The molecule has 0 bridgehead atoms. The van der Waals surface area contributed by atoms with Crippen molar-refractivity contribution in [2.75, 3.05) is 0 Å². The number of unbranched alkanes of at least 4 members (excludes halogenated alkanes) is 2. The Morgan fingerprint density at radius 3 is 2.30 bits per heavy atom. The Balaban J connectivity index is 1.95. The van der Waals surface area contributed by atoms with E-state index in [9.17, 15) is 14.4 Å². The van der Waals surface area contributed by atoms with Crippen LogP contribution in [0.3, 0.4) is 0 Å². The predicted octanol–water partition coefficient (Wildman–Crippen LogP) is 2.06. The number of fused-ring (bicyclic) bond motifs is 1. The fraction of sp³-hybridized carbons (Fsp3) is 0.267. The average molecular weight is 272 g/mol. The Bertz CT molecular complexity index is 531. The largest absolute Gasteiger partial charge is 0.280 e. The number of hydrogen-bond donors (Lipinski definition) is 1. The van der Waals surface area contributed by atoms with Gasteiger partial charge in [0.15, 0.2) is 0 Å². The number of nitrogens with one attached hydrogen (secondary N) is 1. The zero-order valence-electron chi connectivity index (χ0n) is 11.1. The maximum absolute atomic E-state index is 12.0. The predicted molar refractivity (Wildman–Crippen MR) is 73.7 cm³/mol. The van der Waals surface area contributed by atoms with E-state index >= 15 is 0 Å². The first-order chi connectivity index (χ1) is 9.65. The smallest absolute Gasteiger partial charge is 0.273 e. The molecule has 1 aromatic rings. The summed E-state index contributed by atoms with van der Waals surface area (Å²) in [5.41, 5.74) is 3.02. The molecule has 5 heteroatoms. The third kappa shape index (κ3) is 2.77. The number of rotatable bonds is 6. The highest BCUT2D eigenvalue weighted by Crippen LogP contribution is 2.20. The lowest BCUT2D eigenvalue weighted by Crippen LogP contribution is -2.45. The lowest BCUT2D eigenvalue weighted by Gasteiger charge is -2.14. The molecule has 1 aromatic carbocycles. The normalized spacial score (nSPS) is 13.3. The van der Waals surface area contributed by atoms with Crippen LogP contribution in [0, 0.1) is 0 Å². The second-order valence-corrected chi connectivity index (χ2v) is 4.56. The average Bonchev–Trinajstić information content (AvgIpc) is 2.69. The molecule has 0 radical (unpaired) electrons. The Morgan fingerprint density at radius 2 is 1.75 bits per heavy atom. The van der Waals surface area contributed by atoms with Crippen LogP contribution < -0.4 is 5.43 Å². The molecule has 0 unspecified atom stereocenters. The lowest BCUT2D eigenvalue weighted by molar-refractivity contribution is -0.124. The zero-order valence-corrected chi connectivity index (χ0v) is 11.1. The van der Waals surface area contributed by atoms with Crippen LogP contribution in [-0.2, 0) is 4.79 Å². The van der Waals surface area contributed by atoms with Gasteiger partial charge in [0.1, 0.15) is 0 Å². The first-order valence-corrected chi connectivity index (χ1v) is 6.53. The van der Waals surface area contributed by atoms with Crippen molar-refractivity contribution >= 4 is 17.7 Å². The number of benzene rings is 1. The molecular weight excluding hydrogens is 256 g/mol. The molecule has 1 aliphatic rings. The van der Waals surface area contributed by atoms with Crippen LogP contribution in [-0.4, -0.2) is 22.7 Å². The van der Waals surface area contributed by atoms with Gasteiger partial charge in [0.05, 0.1) is 11.1 Å². The fourth-order valence-electron chi connectivity index (χ4n) is 2.05. The van der Waals surface area contributed by atoms with E-state index in [1.807, 2.05) is 0 Å². The van der Waals surface area contributed by atoms with E-state index in [1.165, 1.54) is 0 Å². The summed E-state index contributed by atoms with van der Waals surface area (Å²) in [5.74, 6) is -1.29. The highest BCUT2D eigenvalue weighted by molar-refractivity contribution is 6.21. The van der Waals surface area contributed by atoms with Crippen molar-refractivity contribution in [1.29, 1.82) is 0 Å². The number of amides is 3. The first-order valence-electron chi connectivity index (χ1n) is 6.53. The second-order valence-electron chi connectivity index (χ2n) is 4.56. The minimum absolute atomic E-state index is 0.279. The standard InChI is InChI=1S/C15H16N2O3/c1-2-3-4-5-10-13(18)16-17-14(19)11-8-6-7-9-12(11)15(17)20/h2,6-9H,1,3-5,10H2,(H,16,18). The van der Waals surface area contributed by atoms with E-state index < -0.39 is 11.8 Å². The quantitative estimate of drug-likeness (QED) is 0.489. The molecular formula is C15H16N2O3. The first kappa shape index (κ1) is 14.0. The number of carbonyl (C=O) groups excluding carboxylic acids is 3. The van der Waals surface area contributed by atoms with E-state index in [0.717, 1.165) is 17.9 Å². The number of hydrogen-bond acceptors (Lipinski definition) is 3. The van der Waals surface area contributed by atoms with Gasteiger partial charge in [0, 0.05) is 6.42 Å². The van der Waals surface area contributed by atoms with E-state index in [2.05, 4.69) is 12.0 Å². The Hall–Kier alpha value is -2.43. The number of carbonyl (C=O) groups is 3.